The Hall–Kier alpha value is -0.380. The first kappa shape index (κ1) is 16.0. The zero-order chi connectivity index (χ0) is 14.8. The number of rotatable bonds is 6. The Labute approximate surface area is 131 Å². The smallest absolute Gasteiger partial charge is 0.0658 e. The van der Waals surface area contributed by atoms with E-state index in [0.717, 1.165) is 23.9 Å². The van der Waals surface area contributed by atoms with Gasteiger partial charge in [-0.3, -0.25) is 0 Å². The van der Waals surface area contributed by atoms with Crippen LogP contribution < -0.4 is 5.32 Å². The van der Waals surface area contributed by atoms with Gasteiger partial charge in [0.25, 0.3) is 0 Å². The number of benzene rings is 1. The molecule has 1 saturated carbocycles. The lowest BCUT2D eigenvalue weighted by Gasteiger charge is -2.54. The molecular formula is C17H26BrNO. The predicted molar refractivity (Wildman–Crippen MR) is 87.9 cm³/mol. The molecule has 112 valence electrons. The van der Waals surface area contributed by atoms with E-state index in [1.54, 1.807) is 0 Å². The zero-order valence-electron chi connectivity index (χ0n) is 12.9. The van der Waals surface area contributed by atoms with Gasteiger partial charge in [-0.1, -0.05) is 41.9 Å². The maximum absolute atomic E-state index is 5.87. The minimum Gasteiger partial charge on any atom is -0.378 e. The van der Waals surface area contributed by atoms with Crippen LogP contribution in [0.1, 0.15) is 52.1 Å². The summed E-state index contributed by atoms with van der Waals surface area (Å²) in [4.78, 5) is 0. The van der Waals surface area contributed by atoms with Crippen LogP contribution in [0.5, 0.6) is 0 Å². The highest BCUT2D eigenvalue weighted by Gasteiger charge is 2.51. The third-order valence-electron chi connectivity index (χ3n) is 4.93. The summed E-state index contributed by atoms with van der Waals surface area (Å²) in [7, 11) is 0. The second kappa shape index (κ2) is 6.59. The van der Waals surface area contributed by atoms with Gasteiger partial charge in [-0.25, -0.2) is 0 Å². The van der Waals surface area contributed by atoms with Gasteiger partial charge in [-0.15, -0.1) is 0 Å². The molecule has 1 N–H and O–H groups in total. The summed E-state index contributed by atoms with van der Waals surface area (Å²) in [6, 6.07) is 9.50. The van der Waals surface area contributed by atoms with E-state index in [9.17, 15) is 0 Å². The number of hydrogen-bond acceptors (Lipinski definition) is 2. The standard InChI is InChI=1S/C17H26BrNO/c1-5-17(4)15(11-16(17)20-6-2)19-12(3)13-7-9-14(18)10-8-13/h7-10,12,15-16,19H,5-6,11H2,1-4H3/t12-,15?,16?,17?/m0/s1. The molecular weight excluding hydrogens is 314 g/mol. The van der Waals surface area contributed by atoms with Crippen molar-refractivity contribution in [3.05, 3.63) is 34.3 Å². The van der Waals surface area contributed by atoms with Gasteiger partial charge < -0.3 is 10.1 Å². The fraction of sp³-hybridized carbons (Fsp3) is 0.647. The molecule has 2 nitrogen and oxygen atoms in total. The third-order valence-corrected chi connectivity index (χ3v) is 5.46. The molecule has 1 fully saturated rings. The average Bonchev–Trinajstić information content (AvgIpc) is 2.45. The van der Waals surface area contributed by atoms with E-state index < -0.39 is 0 Å². The van der Waals surface area contributed by atoms with E-state index in [1.165, 1.54) is 5.56 Å². The molecule has 1 aliphatic carbocycles. The largest absolute Gasteiger partial charge is 0.378 e. The van der Waals surface area contributed by atoms with Crippen molar-refractivity contribution in [1.29, 1.82) is 0 Å². The van der Waals surface area contributed by atoms with Crippen LogP contribution in [0, 0.1) is 5.41 Å². The maximum atomic E-state index is 5.87. The van der Waals surface area contributed by atoms with E-state index >= 15 is 0 Å². The minimum atomic E-state index is 0.264. The molecule has 0 heterocycles. The summed E-state index contributed by atoms with van der Waals surface area (Å²) in [6.45, 7) is 9.76. The van der Waals surface area contributed by atoms with Crippen LogP contribution in [0.15, 0.2) is 28.7 Å². The molecule has 1 aliphatic rings. The van der Waals surface area contributed by atoms with Crippen LogP contribution in [-0.2, 0) is 4.74 Å². The van der Waals surface area contributed by atoms with E-state index in [4.69, 9.17) is 4.74 Å². The summed E-state index contributed by atoms with van der Waals surface area (Å²) < 4.78 is 7.00. The SMILES string of the molecule is CCOC1CC(N[C@@H](C)c2ccc(Br)cc2)C1(C)CC. The van der Waals surface area contributed by atoms with Crippen LogP contribution >= 0.6 is 15.9 Å². The molecule has 0 amide bonds. The van der Waals surface area contributed by atoms with Crippen LogP contribution in [0.25, 0.3) is 0 Å². The Bertz CT molecular complexity index is 433. The quantitative estimate of drug-likeness (QED) is 0.811. The fourth-order valence-corrected chi connectivity index (χ4v) is 3.42. The molecule has 0 aromatic heterocycles. The molecule has 3 heteroatoms. The Morgan fingerprint density at radius 1 is 1.35 bits per heavy atom. The average molecular weight is 340 g/mol. The highest BCUT2D eigenvalue weighted by atomic mass is 79.9. The Balaban J connectivity index is 1.98. The summed E-state index contributed by atoms with van der Waals surface area (Å²) in [5.41, 5.74) is 1.60. The Kier molecular flexibility index (Phi) is 5.27. The predicted octanol–water partition coefficient (Wildman–Crippen LogP) is 4.69. The van der Waals surface area contributed by atoms with Crippen LogP contribution in [-0.4, -0.2) is 18.8 Å². The van der Waals surface area contributed by atoms with Gasteiger partial charge >= 0.3 is 0 Å². The van der Waals surface area contributed by atoms with Gasteiger partial charge in [-0.05, 0) is 44.4 Å². The molecule has 0 saturated heterocycles. The maximum Gasteiger partial charge on any atom is 0.0658 e. The zero-order valence-corrected chi connectivity index (χ0v) is 14.5. The van der Waals surface area contributed by atoms with Crippen molar-refractivity contribution < 1.29 is 4.74 Å². The van der Waals surface area contributed by atoms with E-state index in [-0.39, 0.29) is 5.41 Å². The topological polar surface area (TPSA) is 21.3 Å². The summed E-state index contributed by atoms with van der Waals surface area (Å²) in [5, 5.41) is 3.79. The summed E-state index contributed by atoms with van der Waals surface area (Å²) in [5.74, 6) is 0. The van der Waals surface area contributed by atoms with Gasteiger partial charge in [0.15, 0.2) is 0 Å². The van der Waals surface area contributed by atoms with Crippen molar-refractivity contribution in [3.8, 4) is 0 Å². The lowest BCUT2D eigenvalue weighted by Crippen LogP contribution is -2.62. The number of hydrogen-bond donors (Lipinski definition) is 1. The summed E-state index contributed by atoms with van der Waals surface area (Å²) in [6.07, 6.45) is 2.69. The van der Waals surface area contributed by atoms with E-state index in [2.05, 4.69) is 73.2 Å². The van der Waals surface area contributed by atoms with Gasteiger partial charge in [0.05, 0.1) is 6.10 Å². The van der Waals surface area contributed by atoms with Crippen molar-refractivity contribution in [2.24, 2.45) is 5.41 Å². The first-order valence-electron chi connectivity index (χ1n) is 7.64. The van der Waals surface area contributed by atoms with Crippen LogP contribution in [0.3, 0.4) is 0 Å². The number of ether oxygens (including phenoxy) is 1. The molecule has 0 radical (unpaired) electrons. The van der Waals surface area contributed by atoms with Crippen molar-refractivity contribution in [3.63, 3.8) is 0 Å². The van der Waals surface area contributed by atoms with Gasteiger partial charge in [0.1, 0.15) is 0 Å². The lowest BCUT2D eigenvalue weighted by atomic mass is 9.61. The summed E-state index contributed by atoms with van der Waals surface area (Å²) >= 11 is 3.49. The van der Waals surface area contributed by atoms with Crippen LogP contribution in [0.2, 0.25) is 0 Å². The molecule has 2 rings (SSSR count). The molecule has 1 aromatic carbocycles. The molecule has 0 aliphatic heterocycles. The highest BCUT2D eigenvalue weighted by Crippen LogP contribution is 2.46. The molecule has 1 aromatic rings. The molecule has 20 heavy (non-hydrogen) atoms. The number of halogens is 1. The Morgan fingerprint density at radius 3 is 2.55 bits per heavy atom. The monoisotopic (exact) mass is 339 g/mol. The first-order valence-corrected chi connectivity index (χ1v) is 8.43. The van der Waals surface area contributed by atoms with Gasteiger partial charge in [0, 0.05) is 28.6 Å². The number of nitrogens with one attached hydrogen (secondary N) is 1. The van der Waals surface area contributed by atoms with Crippen molar-refractivity contribution in [2.75, 3.05) is 6.61 Å². The highest BCUT2D eigenvalue weighted by molar-refractivity contribution is 9.10. The second-order valence-electron chi connectivity index (χ2n) is 6.03. The Morgan fingerprint density at radius 2 is 2.00 bits per heavy atom. The van der Waals surface area contributed by atoms with E-state index in [0.29, 0.717) is 18.2 Å². The van der Waals surface area contributed by atoms with Crippen molar-refractivity contribution in [1.82, 2.24) is 5.32 Å². The minimum absolute atomic E-state index is 0.264. The van der Waals surface area contributed by atoms with Crippen molar-refractivity contribution >= 4 is 15.9 Å². The van der Waals surface area contributed by atoms with Crippen molar-refractivity contribution in [2.45, 2.75) is 58.7 Å². The third kappa shape index (κ3) is 3.10. The second-order valence-corrected chi connectivity index (χ2v) is 6.95. The molecule has 0 bridgehead atoms. The molecule has 3 unspecified atom stereocenters. The van der Waals surface area contributed by atoms with Gasteiger partial charge in [0.2, 0.25) is 0 Å². The molecule has 0 spiro atoms. The normalized spacial score (nSPS) is 30.9. The fourth-order valence-electron chi connectivity index (χ4n) is 3.16. The van der Waals surface area contributed by atoms with Crippen LogP contribution in [0.4, 0.5) is 0 Å². The first-order chi connectivity index (χ1) is 9.51. The lowest BCUT2D eigenvalue weighted by molar-refractivity contribution is -0.127. The molecule has 4 atom stereocenters. The van der Waals surface area contributed by atoms with Gasteiger partial charge in [-0.2, -0.15) is 0 Å². The van der Waals surface area contributed by atoms with E-state index in [1.807, 2.05) is 0 Å².